The van der Waals surface area contributed by atoms with Crippen molar-refractivity contribution in [1.82, 2.24) is 19.8 Å². The van der Waals surface area contributed by atoms with Crippen LogP contribution in [-0.4, -0.2) is 31.8 Å². The number of halogens is 1. The zero-order valence-electron chi connectivity index (χ0n) is 15.1. The third-order valence-corrected chi connectivity index (χ3v) is 5.06. The van der Waals surface area contributed by atoms with Crippen LogP contribution in [0.1, 0.15) is 12.5 Å². The Labute approximate surface area is 169 Å². The lowest BCUT2D eigenvalue weighted by molar-refractivity contribution is -0.122. The molecule has 1 N–H and O–H groups in total. The number of hydrogen-bond acceptors (Lipinski definition) is 6. The summed E-state index contributed by atoms with van der Waals surface area (Å²) < 4.78 is 7.30. The van der Waals surface area contributed by atoms with E-state index in [0.29, 0.717) is 26.7 Å². The topological polar surface area (TPSA) is 81.4 Å². The average molecular weight is 414 g/mol. The minimum atomic E-state index is -0.674. The van der Waals surface area contributed by atoms with E-state index < -0.39 is 6.10 Å². The fraction of sp³-hybridized carbons (Fsp3) is 0.158. The van der Waals surface area contributed by atoms with Gasteiger partial charge in [-0.3, -0.25) is 10.1 Å². The summed E-state index contributed by atoms with van der Waals surface area (Å²) in [4.78, 5) is 13.0. The van der Waals surface area contributed by atoms with Crippen LogP contribution in [-0.2, 0) is 4.79 Å². The van der Waals surface area contributed by atoms with Gasteiger partial charge in [0.1, 0.15) is 5.75 Å². The predicted molar refractivity (Wildman–Crippen MR) is 109 cm³/mol. The summed E-state index contributed by atoms with van der Waals surface area (Å²) in [5.41, 5.74) is 1.89. The second kappa shape index (κ2) is 7.57. The van der Waals surface area contributed by atoms with Crippen molar-refractivity contribution < 1.29 is 9.53 Å². The maximum atomic E-state index is 12.5. The number of amides is 1. The molecule has 7 nitrogen and oxygen atoms in total. The van der Waals surface area contributed by atoms with E-state index in [2.05, 4.69) is 20.6 Å². The highest BCUT2D eigenvalue weighted by molar-refractivity contribution is 7.20. The highest BCUT2D eigenvalue weighted by Gasteiger charge is 2.19. The van der Waals surface area contributed by atoms with E-state index in [0.717, 1.165) is 11.1 Å². The number of anilines is 1. The van der Waals surface area contributed by atoms with Crippen LogP contribution in [0.2, 0.25) is 5.02 Å². The van der Waals surface area contributed by atoms with Crippen molar-refractivity contribution in [3.63, 3.8) is 0 Å². The number of carbonyl (C=O) groups excluding carboxylic acids is 1. The molecule has 0 spiro atoms. The first kappa shape index (κ1) is 18.4. The van der Waals surface area contributed by atoms with E-state index in [1.54, 1.807) is 23.6 Å². The van der Waals surface area contributed by atoms with E-state index in [4.69, 9.17) is 16.3 Å². The molecule has 4 rings (SSSR count). The quantitative estimate of drug-likeness (QED) is 0.529. The van der Waals surface area contributed by atoms with Crippen LogP contribution < -0.4 is 10.1 Å². The molecule has 2 aromatic heterocycles. The average Bonchev–Trinajstić information content (AvgIpc) is 3.22. The number of nitrogens with one attached hydrogen (secondary N) is 1. The highest BCUT2D eigenvalue weighted by atomic mass is 35.5. The van der Waals surface area contributed by atoms with Gasteiger partial charge in [-0.1, -0.05) is 35.1 Å². The van der Waals surface area contributed by atoms with Crippen molar-refractivity contribution in [3.05, 3.63) is 59.1 Å². The van der Waals surface area contributed by atoms with Crippen molar-refractivity contribution in [2.24, 2.45) is 0 Å². The maximum absolute atomic E-state index is 12.5. The zero-order chi connectivity index (χ0) is 19.7. The van der Waals surface area contributed by atoms with Crippen LogP contribution in [0.25, 0.3) is 16.3 Å². The summed E-state index contributed by atoms with van der Waals surface area (Å²) in [7, 11) is 0. The highest BCUT2D eigenvalue weighted by Crippen LogP contribution is 2.25. The second-order valence-corrected chi connectivity index (χ2v) is 7.59. The van der Waals surface area contributed by atoms with Crippen LogP contribution >= 0.6 is 22.9 Å². The molecule has 142 valence electrons. The number of ether oxygens (including phenoxy) is 1. The molecule has 2 aromatic carbocycles. The Bertz CT molecular complexity index is 1140. The Kier molecular flexibility index (Phi) is 4.97. The lowest BCUT2D eigenvalue weighted by Crippen LogP contribution is -2.30. The molecule has 28 heavy (non-hydrogen) atoms. The van der Waals surface area contributed by atoms with E-state index in [9.17, 15) is 4.79 Å². The molecule has 0 aliphatic rings. The van der Waals surface area contributed by atoms with Gasteiger partial charge in [-0.05, 0) is 55.8 Å². The largest absolute Gasteiger partial charge is 0.481 e. The number of fused-ring (bicyclic) bond motifs is 1. The number of carbonyl (C=O) groups is 1. The van der Waals surface area contributed by atoms with Gasteiger partial charge in [-0.15, -0.1) is 15.3 Å². The molecule has 0 fully saturated rings. The monoisotopic (exact) mass is 413 g/mol. The Morgan fingerprint density at radius 1 is 1.21 bits per heavy atom. The van der Waals surface area contributed by atoms with Crippen molar-refractivity contribution in [3.8, 4) is 17.1 Å². The summed E-state index contributed by atoms with van der Waals surface area (Å²) in [6.07, 6.45) is -0.674. The summed E-state index contributed by atoms with van der Waals surface area (Å²) in [5.74, 6) is 0.929. The molecule has 0 radical (unpaired) electrons. The summed E-state index contributed by atoms with van der Waals surface area (Å²) in [6.45, 7) is 3.66. The lowest BCUT2D eigenvalue weighted by atomic mass is 10.2. The van der Waals surface area contributed by atoms with Crippen LogP contribution in [0, 0.1) is 6.92 Å². The number of rotatable bonds is 5. The van der Waals surface area contributed by atoms with E-state index in [1.165, 1.54) is 11.3 Å². The molecular weight excluding hydrogens is 398 g/mol. The molecule has 0 saturated carbocycles. The summed E-state index contributed by atoms with van der Waals surface area (Å²) in [6, 6.07) is 14.8. The van der Waals surface area contributed by atoms with Crippen molar-refractivity contribution >= 4 is 38.9 Å². The molecule has 0 aliphatic carbocycles. The van der Waals surface area contributed by atoms with Gasteiger partial charge in [0.25, 0.3) is 5.91 Å². The molecule has 9 heteroatoms. The number of aryl methyl sites for hydroxylation is 1. The zero-order valence-corrected chi connectivity index (χ0v) is 16.7. The molecule has 0 unspecified atom stereocenters. The van der Waals surface area contributed by atoms with Crippen molar-refractivity contribution in [2.75, 3.05) is 5.32 Å². The fourth-order valence-corrected chi connectivity index (χ4v) is 3.47. The Hall–Kier alpha value is -2.97. The van der Waals surface area contributed by atoms with Gasteiger partial charge in [0.2, 0.25) is 10.1 Å². The SMILES string of the molecule is Cc1cccc(O[C@@H](C)C(=O)Nc2nn3c(-c4ccc(Cl)cc4)nnc3s2)c1. The molecule has 0 bridgehead atoms. The van der Waals surface area contributed by atoms with Crippen LogP contribution in [0.3, 0.4) is 0 Å². The van der Waals surface area contributed by atoms with E-state index in [-0.39, 0.29) is 5.91 Å². The van der Waals surface area contributed by atoms with E-state index in [1.807, 2.05) is 43.3 Å². The van der Waals surface area contributed by atoms with Crippen LogP contribution in [0.5, 0.6) is 5.75 Å². The van der Waals surface area contributed by atoms with Gasteiger partial charge < -0.3 is 4.74 Å². The molecule has 1 amide bonds. The first-order chi connectivity index (χ1) is 13.5. The Morgan fingerprint density at radius 3 is 2.75 bits per heavy atom. The van der Waals surface area contributed by atoms with Crippen molar-refractivity contribution in [2.45, 2.75) is 20.0 Å². The number of benzene rings is 2. The third-order valence-electron chi connectivity index (χ3n) is 4.00. The molecule has 4 aromatic rings. The molecular formula is C19H16ClN5O2S. The predicted octanol–water partition coefficient (Wildman–Crippen LogP) is 4.22. The Balaban J connectivity index is 1.50. The normalized spacial score (nSPS) is 12.1. The van der Waals surface area contributed by atoms with Crippen molar-refractivity contribution in [1.29, 1.82) is 0 Å². The summed E-state index contributed by atoms with van der Waals surface area (Å²) in [5, 5.41) is 16.5. The molecule has 2 heterocycles. The number of nitrogens with zero attached hydrogens (tertiary/aromatic N) is 4. The van der Waals surface area contributed by atoms with Crippen LogP contribution in [0.15, 0.2) is 48.5 Å². The van der Waals surface area contributed by atoms with Gasteiger partial charge in [-0.2, -0.15) is 4.52 Å². The molecule has 0 saturated heterocycles. The van der Waals surface area contributed by atoms with Gasteiger partial charge >= 0.3 is 0 Å². The standard InChI is InChI=1S/C19H16ClN5O2S/c1-11-4-3-5-15(10-11)27-12(2)17(26)21-18-24-25-16(22-23-19(25)28-18)13-6-8-14(20)9-7-13/h3-10,12H,1-2H3,(H,21,24,26)/t12-/m0/s1. The van der Waals surface area contributed by atoms with E-state index >= 15 is 0 Å². The first-order valence-electron chi connectivity index (χ1n) is 8.52. The lowest BCUT2D eigenvalue weighted by Gasteiger charge is -2.13. The minimum Gasteiger partial charge on any atom is -0.481 e. The molecule has 0 aliphatic heterocycles. The first-order valence-corrected chi connectivity index (χ1v) is 9.71. The number of aromatic nitrogens is 4. The smallest absolute Gasteiger partial charge is 0.266 e. The molecule has 1 atom stereocenters. The van der Waals surface area contributed by atoms with Gasteiger partial charge in [0.05, 0.1) is 0 Å². The minimum absolute atomic E-state index is 0.292. The number of hydrogen-bond donors (Lipinski definition) is 1. The van der Waals surface area contributed by atoms with Gasteiger partial charge in [-0.25, -0.2) is 0 Å². The third kappa shape index (κ3) is 3.83. The van der Waals surface area contributed by atoms with Gasteiger partial charge in [0.15, 0.2) is 11.9 Å². The van der Waals surface area contributed by atoms with Gasteiger partial charge in [0, 0.05) is 10.6 Å². The summed E-state index contributed by atoms with van der Waals surface area (Å²) >= 11 is 7.17. The Morgan fingerprint density at radius 2 is 2.00 bits per heavy atom. The van der Waals surface area contributed by atoms with Crippen LogP contribution in [0.4, 0.5) is 5.13 Å². The maximum Gasteiger partial charge on any atom is 0.266 e. The second-order valence-electron chi connectivity index (χ2n) is 6.20. The fourth-order valence-electron chi connectivity index (χ4n) is 2.60.